The molecule has 2 fully saturated rings. The first-order valence-corrected chi connectivity index (χ1v) is 15.4. The van der Waals surface area contributed by atoms with Crippen molar-refractivity contribution in [2.75, 3.05) is 16.3 Å². The largest absolute Gasteiger partial charge is 0.360 e. The van der Waals surface area contributed by atoms with Crippen molar-refractivity contribution in [3.05, 3.63) is 137 Å². The van der Waals surface area contributed by atoms with Gasteiger partial charge in [-0.15, -0.1) is 0 Å². The van der Waals surface area contributed by atoms with Gasteiger partial charge in [0.1, 0.15) is 15.7 Å². The Hall–Kier alpha value is -4.28. The van der Waals surface area contributed by atoms with Gasteiger partial charge in [0.2, 0.25) is 0 Å². The Labute approximate surface area is 268 Å². The molecular weight excluding hydrogens is 625 g/mol. The predicted octanol–water partition coefficient (Wildman–Crippen LogP) is 9.90. The Morgan fingerprint density at radius 3 is 1.71 bits per heavy atom. The fourth-order valence-electron chi connectivity index (χ4n) is 6.78. The van der Waals surface area contributed by atoms with Gasteiger partial charge in [0, 0.05) is 24.4 Å². The van der Waals surface area contributed by atoms with E-state index in [2.05, 4.69) is 0 Å². The van der Waals surface area contributed by atoms with Crippen molar-refractivity contribution in [2.24, 2.45) is 0 Å². The molecule has 3 unspecified atom stereocenters. The molecule has 0 bridgehead atoms. The predicted molar refractivity (Wildman–Crippen MR) is 170 cm³/mol. The van der Waals surface area contributed by atoms with E-state index in [-0.39, 0.29) is 38.8 Å². The zero-order valence-electron chi connectivity index (χ0n) is 23.9. The van der Waals surface area contributed by atoms with Crippen LogP contribution in [-0.2, 0) is 0 Å². The molecule has 2 saturated heterocycles. The van der Waals surface area contributed by atoms with E-state index in [1.165, 1.54) is 36.4 Å². The van der Waals surface area contributed by atoms with Crippen molar-refractivity contribution in [3.8, 4) is 0 Å². The van der Waals surface area contributed by atoms with E-state index in [0.717, 1.165) is 24.8 Å². The van der Waals surface area contributed by atoms with Gasteiger partial charge in [0.25, 0.3) is 11.4 Å². The lowest BCUT2D eigenvalue weighted by Gasteiger charge is -2.39. The van der Waals surface area contributed by atoms with Crippen LogP contribution in [-0.4, -0.2) is 16.4 Å². The number of nitro benzene ring substituents is 2. The van der Waals surface area contributed by atoms with E-state index in [0.29, 0.717) is 30.5 Å². The molecule has 45 heavy (non-hydrogen) atoms. The monoisotopic (exact) mass is 652 g/mol. The second-order valence-corrected chi connectivity index (χ2v) is 12.1. The summed E-state index contributed by atoms with van der Waals surface area (Å²) in [6, 6.07) is 19.8. The second kappa shape index (κ2) is 12.6. The standard InChI is InChI=1S/C33H28Cl2F2N4O4/c34-24-11-9-21(16-31(24)40(42)43)29-13-14-30(22-10-12-25(35)32(17-22)41(44)45)39(29)23-18-26(36)33(27(37)19-23)38-15-5-4-8-28(38)20-6-2-1-3-7-20/h1-3,6-7,9-12,16-19,28-30H,4-5,8,13-15H2. The molecule has 4 aromatic rings. The smallest absolute Gasteiger partial charge is 0.288 e. The highest BCUT2D eigenvalue weighted by atomic mass is 35.5. The number of piperidine rings is 1. The molecule has 8 nitrogen and oxygen atoms in total. The third kappa shape index (κ3) is 5.92. The van der Waals surface area contributed by atoms with E-state index in [9.17, 15) is 20.2 Å². The third-order valence-electron chi connectivity index (χ3n) is 8.76. The first kappa shape index (κ1) is 30.7. The fraction of sp³-hybridized carbons (Fsp3) is 0.273. The number of anilines is 2. The average Bonchev–Trinajstić information content (AvgIpc) is 3.47. The minimum absolute atomic E-state index is 0.0332. The summed E-state index contributed by atoms with van der Waals surface area (Å²) in [5.41, 5.74) is 1.57. The lowest BCUT2D eigenvalue weighted by molar-refractivity contribution is -0.384. The number of nitrogens with zero attached hydrogens (tertiary/aromatic N) is 4. The number of hydrogen-bond acceptors (Lipinski definition) is 6. The molecule has 0 radical (unpaired) electrons. The molecule has 0 aliphatic carbocycles. The molecule has 4 aromatic carbocycles. The van der Waals surface area contributed by atoms with Crippen molar-refractivity contribution in [1.29, 1.82) is 0 Å². The van der Waals surface area contributed by atoms with Crippen LogP contribution in [0.3, 0.4) is 0 Å². The van der Waals surface area contributed by atoms with Crippen LogP contribution in [0.15, 0.2) is 78.9 Å². The maximum atomic E-state index is 16.2. The molecule has 2 aliphatic heterocycles. The van der Waals surface area contributed by atoms with Crippen LogP contribution >= 0.6 is 23.2 Å². The molecule has 12 heteroatoms. The summed E-state index contributed by atoms with van der Waals surface area (Å²) >= 11 is 12.2. The van der Waals surface area contributed by atoms with E-state index in [1.54, 1.807) is 21.9 Å². The summed E-state index contributed by atoms with van der Waals surface area (Å²) in [4.78, 5) is 25.8. The maximum absolute atomic E-state index is 16.2. The molecule has 2 aliphatic rings. The highest BCUT2D eigenvalue weighted by Crippen LogP contribution is 2.50. The summed E-state index contributed by atoms with van der Waals surface area (Å²) in [6.45, 7) is 0.491. The summed E-state index contributed by atoms with van der Waals surface area (Å²) in [5.74, 6) is -1.47. The Morgan fingerprint density at radius 2 is 1.20 bits per heavy atom. The van der Waals surface area contributed by atoms with Crippen LogP contribution < -0.4 is 9.80 Å². The minimum Gasteiger partial charge on any atom is -0.360 e. The zero-order chi connectivity index (χ0) is 31.8. The number of nitro groups is 2. The van der Waals surface area contributed by atoms with Crippen LogP contribution in [0.5, 0.6) is 0 Å². The number of rotatable bonds is 7. The van der Waals surface area contributed by atoms with Crippen molar-refractivity contribution < 1.29 is 18.6 Å². The quantitative estimate of drug-likeness (QED) is 0.146. The first-order valence-electron chi connectivity index (χ1n) is 14.6. The Bertz CT molecular complexity index is 1680. The summed E-state index contributed by atoms with van der Waals surface area (Å²) in [7, 11) is 0. The molecule has 232 valence electrons. The van der Waals surface area contributed by atoms with Crippen LogP contribution in [0, 0.1) is 31.9 Å². The van der Waals surface area contributed by atoms with Crippen LogP contribution in [0.4, 0.5) is 31.5 Å². The number of halogens is 4. The molecule has 0 spiro atoms. The van der Waals surface area contributed by atoms with Gasteiger partial charge in [0.15, 0.2) is 11.6 Å². The molecule has 0 aromatic heterocycles. The molecule has 2 heterocycles. The van der Waals surface area contributed by atoms with Gasteiger partial charge in [-0.3, -0.25) is 20.2 Å². The molecule has 0 saturated carbocycles. The van der Waals surface area contributed by atoms with Gasteiger partial charge in [-0.25, -0.2) is 8.78 Å². The normalized spacial score (nSPS) is 20.0. The highest BCUT2D eigenvalue weighted by Gasteiger charge is 2.39. The molecule has 3 atom stereocenters. The van der Waals surface area contributed by atoms with Gasteiger partial charge in [-0.1, -0.05) is 65.7 Å². The zero-order valence-corrected chi connectivity index (χ0v) is 25.4. The second-order valence-electron chi connectivity index (χ2n) is 11.3. The van der Waals surface area contributed by atoms with Gasteiger partial charge in [-0.2, -0.15) is 0 Å². The Morgan fingerprint density at radius 1 is 0.667 bits per heavy atom. The van der Waals surface area contributed by atoms with Gasteiger partial charge in [0.05, 0.1) is 28.0 Å². The van der Waals surface area contributed by atoms with Gasteiger partial charge in [-0.05, 0) is 73.1 Å². The van der Waals surface area contributed by atoms with Crippen molar-refractivity contribution in [1.82, 2.24) is 0 Å². The lowest BCUT2D eigenvalue weighted by atomic mass is 9.94. The molecule has 0 N–H and O–H groups in total. The van der Waals surface area contributed by atoms with E-state index in [1.807, 2.05) is 30.3 Å². The molecular formula is C33H28Cl2F2N4O4. The number of hydrogen-bond donors (Lipinski definition) is 0. The molecule has 0 amide bonds. The van der Waals surface area contributed by atoms with E-state index < -0.39 is 33.6 Å². The minimum atomic E-state index is -0.735. The highest BCUT2D eigenvalue weighted by molar-refractivity contribution is 6.33. The van der Waals surface area contributed by atoms with Crippen molar-refractivity contribution >= 4 is 46.0 Å². The summed E-state index contributed by atoms with van der Waals surface area (Å²) in [6.07, 6.45) is 3.39. The van der Waals surface area contributed by atoms with Crippen LogP contribution in [0.1, 0.15) is 66.9 Å². The summed E-state index contributed by atoms with van der Waals surface area (Å²) < 4.78 is 32.4. The Balaban J connectivity index is 1.46. The molecule has 6 rings (SSSR count). The van der Waals surface area contributed by atoms with Gasteiger partial charge < -0.3 is 9.80 Å². The maximum Gasteiger partial charge on any atom is 0.288 e. The van der Waals surface area contributed by atoms with E-state index in [4.69, 9.17) is 23.2 Å². The average molecular weight is 654 g/mol. The SMILES string of the molecule is O=[N+]([O-])c1cc(C2CCC(c3ccc(Cl)c([N+](=O)[O-])c3)N2c2cc(F)c(N3CCCCC3c3ccccc3)c(F)c2)ccc1Cl. The third-order valence-corrected chi connectivity index (χ3v) is 9.40. The topological polar surface area (TPSA) is 92.8 Å². The van der Waals surface area contributed by atoms with Crippen LogP contribution in [0.25, 0.3) is 0 Å². The lowest BCUT2D eigenvalue weighted by Crippen LogP contribution is -2.35. The van der Waals surface area contributed by atoms with Gasteiger partial charge >= 0.3 is 0 Å². The van der Waals surface area contributed by atoms with Crippen LogP contribution in [0.2, 0.25) is 10.0 Å². The summed E-state index contributed by atoms with van der Waals surface area (Å²) in [5, 5.41) is 23.3. The van der Waals surface area contributed by atoms with Crippen molar-refractivity contribution in [2.45, 2.75) is 50.2 Å². The Kier molecular flexibility index (Phi) is 8.61. The first-order chi connectivity index (χ1) is 21.6. The van der Waals surface area contributed by atoms with E-state index >= 15 is 8.78 Å². The van der Waals surface area contributed by atoms with Crippen molar-refractivity contribution in [3.63, 3.8) is 0 Å². The number of benzene rings is 4. The fourth-order valence-corrected chi connectivity index (χ4v) is 7.15.